The van der Waals surface area contributed by atoms with E-state index in [4.69, 9.17) is 21.3 Å². The van der Waals surface area contributed by atoms with Gasteiger partial charge in [-0.2, -0.15) is 0 Å². The average Bonchev–Trinajstić information content (AvgIpc) is 2.95. The van der Waals surface area contributed by atoms with E-state index in [2.05, 4.69) is 16.1 Å². The number of aromatic nitrogens is 1. The van der Waals surface area contributed by atoms with Crippen LogP contribution in [-0.2, 0) is 23.9 Å². The molecule has 3 amide bonds. The lowest BCUT2D eigenvalue weighted by Crippen LogP contribution is -2.61. The number of fused-ring (bicyclic) bond motifs is 4. The van der Waals surface area contributed by atoms with Gasteiger partial charge in [0.25, 0.3) is 5.91 Å². The Bertz CT molecular complexity index is 1490. The molecule has 232 valence electrons. The third kappa shape index (κ3) is 6.70. The van der Waals surface area contributed by atoms with E-state index in [0.29, 0.717) is 41.2 Å². The van der Waals surface area contributed by atoms with Crippen molar-refractivity contribution < 1.29 is 23.9 Å². The second-order valence-electron chi connectivity index (χ2n) is 12.5. The maximum Gasteiger partial charge on any atom is 0.325 e. The van der Waals surface area contributed by atoms with Crippen LogP contribution in [0.3, 0.4) is 0 Å². The fourth-order valence-corrected chi connectivity index (χ4v) is 5.64. The summed E-state index contributed by atoms with van der Waals surface area (Å²) >= 11 is 6.81. The molecule has 0 spiro atoms. The fraction of sp³-hybridized carbons (Fsp3) is 0.531. The Labute approximate surface area is 257 Å². The van der Waals surface area contributed by atoms with Gasteiger partial charge < -0.3 is 15.4 Å². The Balaban J connectivity index is 1.80. The minimum absolute atomic E-state index is 0.238. The molecule has 3 heterocycles. The molecule has 0 aliphatic carbocycles. The van der Waals surface area contributed by atoms with Crippen LogP contribution in [0.2, 0.25) is 5.02 Å². The number of carbonyl (C=O) groups excluding carboxylic acids is 4. The number of hydrogen-bond donors (Lipinski definition) is 3. The highest BCUT2D eigenvalue weighted by molar-refractivity contribution is 6.36. The predicted molar refractivity (Wildman–Crippen MR) is 166 cm³/mol. The molecule has 1 fully saturated rings. The summed E-state index contributed by atoms with van der Waals surface area (Å²) in [6.45, 7) is 14.7. The van der Waals surface area contributed by atoms with Crippen molar-refractivity contribution in [1.29, 1.82) is 0 Å². The van der Waals surface area contributed by atoms with Crippen molar-refractivity contribution in [2.24, 2.45) is 11.3 Å². The molecular weight excluding hydrogens is 570 g/mol. The number of carbonyl (C=O) groups is 4. The van der Waals surface area contributed by atoms with Crippen LogP contribution in [-0.4, -0.2) is 58.4 Å². The molecule has 4 atom stereocenters. The normalized spacial score (nSPS) is 25.5. The molecule has 3 N–H and O–H groups in total. The van der Waals surface area contributed by atoms with Crippen LogP contribution in [0.5, 0.6) is 0 Å². The van der Waals surface area contributed by atoms with E-state index in [0.717, 1.165) is 16.5 Å². The number of cyclic esters (lactones) is 1. The molecule has 1 aromatic heterocycles. The molecule has 0 saturated carbocycles. The number of nitrogens with one attached hydrogen (secondary N) is 3. The average molecular weight is 612 g/mol. The minimum atomic E-state index is -0.964. The number of ether oxygens (including phenoxy) is 1. The maximum atomic E-state index is 13.4. The van der Waals surface area contributed by atoms with E-state index in [9.17, 15) is 19.2 Å². The number of pyridine rings is 1. The van der Waals surface area contributed by atoms with Gasteiger partial charge in [0.1, 0.15) is 24.2 Å². The highest BCUT2D eigenvalue weighted by Gasteiger charge is 2.35. The number of nitrogens with zero attached hydrogens (tertiary/aromatic N) is 2. The molecule has 10 nitrogen and oxygen atoms in total. The van der Waals surface area contributed by atoms with Crippen LogP contribution in [0, 0.1) is 25.2 Å². The monoisotopic (exact) mass is 611 g/mol. The quantitative estimate of drug-likeness (QED) is 0.410. The molecule has 1 aromatic carbocycles. The molecule has 2 aliphatic rings. The van der Waals surface area contributed by atoms with Crippen LogP contribution >= 0.6 is 11.6 Å². The van der Waals surface area contributed by atoms with Gasteiger partial charge >= 0.3 is 5.97 Å². The van der Waals surface area contributed by atoms with Gasteiger partial charge in [0, 0.05) is 11.9 Å². The Morgan fingerprint density at radius 3 is 2.44 bits per heavy atom. The minimum Gasteiger partial charge on any atom is -0.455 e. The molecule has 0 radical (unpaired) electrons. The van der Waals surface area contributed by atoms with Gasteiger partial charge in [0.2, 0.25) is 11.8 Å². The van der Waals surface area contributed by atoms with E-state index in [1.54, 1.807) is 33.8 Å². The smallest absolute Gasteiger partial charge is 0.325 e. The Kier molecular flexibility index (Phi) is 9.51. The summed E-state index contributed by atoms with van der Waals surface area (Å²) in [5.41, 5.74) is 5.64. The van der Waals surface area contributed by atoms with Crippen molar-refractivity contribution in [2.45, 2.75) is 92.5 Å². The number of aryl methyl sites for hydroxylation is 1. The first-order valence-corrected chi connectivity index (χ1v) is 15.2. The van der Waals surface area contributed by atoms with Gasteiger partial charge in [-0.15, -0.1) is 0 Å². The lowest BCUT2D eigenvalue weighted by Gasteiger charge is -2.35. The summed E-state index contributed by atoms with van der Waals surface area (Å²) in [6.07, 6.45) is 4.00. The third-order valence-electron chi connectivity index (χ3n) is 8.30. The molecule has 4 rings (SSSR count). The molecule has 5 bridgehead atoms. The Morgan fingerprint density at radius 1 is 1.07 bits per heavy atom. The summed E-state index contributed by atoms with van der Waals surface area (Å²) in [6, 6.07) is 1.31. The summed E-state index contributed by atoms with van der Waals surface area (Å²) in [7, 11) is 0. The first kappa shape index (κ1) is 32.4. The fourth-order valence-electron chi connectivity index (χ4n) is 5.39. The molecule has 1 saturated heterocycles. The number of hydrazine groups is 1. The zero-order chi connectivity index (χ0) is 31.8. The second kappa shape index (κ2) is 12.6. The van der Waals surface area contributed by atoms with Crippen LogP contribution in [0.25, 0.3) is 17.0 Å². The number of hydrogen-bond acceptors (Lipinski definition) is 7. The van der Waals surface area contributed by atoms with Gasteiger partial charge in [-0.3, -0.25) is 24.2 Å². The van der Waals surface area contributed by atoms with E-state index in [-0.39, 0.29) is 11.8 Å². The number of amides is 3. The third-order valence-corrected chi connectivity index (χ3v) is 8.79. The molecule has 0 unspecified atom stereocenters. The summed E-state index contributed by atoms with van der Waals surface area (Å²) in [5.74, 6) is -1.94. The molecular formula is C32H42ClN5O5. The van der Waals surface area contributed by atoms with Crippen molar-refractivity contribution in [3.63, 3.8) is 0 Å². The highest BCUT2D eigenvalue weighted by Crippen LogP contribution is 2.35. The first-order valence-electron chi connectivity index (χ1n) is 14.8. The van der Waals surface area contributed by atoms with Crippen LogP contribution in [0.15, 0.2) is 18.2 Å². The van der Waals surface area contributed by atoms with Crippen LogP contribution < -0.4 is 16.1 Å². The van der Waals surface area contributed by atoms with Crippen LogP contribution in [0.4, 0.5) is 0 Å². The number of rotatable bonds is 1. The molecule has 11 heteroatoms. The number of benzene rings is 1. The van der Waals surface area contributed by atoms with Gasteiger partial charge in [-0.1, -0.05) is 49.7 Å². The van der Waals surface area contributed by atoms with Crippen molar-refractivity contribution in [1.82, 2.24) is 26.1 Å². The highest BCUT2D eigenvalue weighted by atomic mass is 35.5. The number of esters is 1. The van der Waals surface area contributed by atoms with Crippen molar-refractivity contribution in [2.75, 3.05) is 6.54 Å². The standard InChI is InChI=1S/C32H42ClN5O5/c1-16(2)25-28(39)34-19(5)29(40)38-15-9-10-23(37-38)30(41)43-20(6)26-18(4)24(33)22-12-11-21(17(3)27(22)35-26)13-14-32(7,8)31(42)36-25/h11-14,16,19-20,23,25,37H,9-10,15H2,1-8H3,(H,34,39)(H,36,42)/t19-,20+,23-,25-/m0/s1. The zero-order valence-electron chi connectivity index (χ0n) is 26.1. The lowest BCUT2D eigenvalue weighted by atomic mass is 9.89. The van der Waals surface area contributed by atoms with Crippen molar-refractivity contribution in [3.05, 3.63) is 45.6 Å². The topological polar surface area (TPSA) is 130 Å². The van der Waals surface area contributed by atoms with Gasteiger partial charge in [0.05, 0.1) is 21.6 Å². The predicted octanol–water partition coefficient (Wildman–Crippen LogP) is 4.30. The summed E-state index contributed by atoms with van der Waals surface area (Å²) in [4.78, 5) is 58.2. The molecule has 2 aliphatic heterocycles. The largest absolute Gasteiger partial charge is 0.455 e. The Morgan fingerprint density at radius 2 is 1.77 bits per heavy atom. The SMILES string of the molecule is Cc1c2nc3c(C)c(ccc3c1Cl)C=CC(C)(C)C(=O)N[C@@H](C(C)C)C(=O)N[C@@H](C)C(=O)N1CCC[C@H](N1)C(=O)O[C@@H]2C. The van der Waals surface area contributed by atoms with E-state index < -0.39 is 47.4 Å². The zero-order valence-corrected chi connectivity index (χ0v) is 26.9. The van der Waals surface area contributed by atoms with Gasteiger partial charge in [-0.25, -0.2) is 10.4 Å². The second-order valence-corrected chi connectivity index (χ2v) is 12.9. The Hall–Kier alpha value is -3.50. The maximum absolute atomic E-state index is 13.4. The van der Waals surface area contributed by atoms with Crippen molar-refractivity contribution in [3.8, 4) is 0 Å². The summed E-state index contributed by atoms with van der Waals surface area (Å²) in [5, 5.41) is 8.28. The summed E-state index contributed by atoms with van der Waals surface area (Å²) < 4.78 is 5.86. The molecule has 2 aromatic rings. The van der Waals surface area contributed by atoms with E-state index in [1.165, 1.54) is 5.01 Å². The number of halogens is 1. The first-order chi connectivity index (χ1) is 20.1. The van der Waals surface area contributed by atoms with Crippen molar-refractivity contribution >= 4 is 52.3 Å². The van der Waals surface area contributed by atoms with Crippen LogP contribution in [0.1, 0.15) is 82.9 Å². The van der Waals surface area contributed by atoms with E-state index >= 15 is 0 Å². The van der Waals surface area contributed by atoms with Gasteiger partial charge in [0.15, 0.2) is 0 Å². The van der Waals surface area contributed by atoms with Gasteiger partial charge in [-0.05, 0) is 77.0 Å². The van der Waals surface area contributed by atoms with E-state index in [1.807, 2.05) is 45.9 Å². The lowest BCUT2D eigenvalue weighted by molar-refractivity contribution is -0.157. The molecule has 43 heavy (non-hydrogen) atoms.